The Balaban J connectivity index is 1.52. The van der Waals surface area contributed by atoms with Gasteiger partial charge in [0, 0.05) is 23.2 Å². The lowest BCUT2D eigenvalue weighted by Gasteiger charge is -2.16. The van der Waals surface area contributed by atoms with Crippen molar-refractivity contribution in [2.24, 2.45) is 0 Å². The minimum Gasteiger partial charge on any atom is -0.497 e. The van der Waals surface area contributed by atoms with Gasteiger partial charge < -0.3 is 15.4 Å². The van der Waals surface area contributed by atoms with Crippen molar-refractivity contribution < 1.29 is 9.53 Å². The van der Waals surface area contributed by atoms with Crippen LogP contribution >= 0.6 is 11.3 Å². The molecule has 2 N–H and O–H groups in total. The maximum absolute atomic E-state index is 13.7. The predicted molar refractivity (Wildman–Crippen MR) is 148 cm³/mol. The number of ether oxygens (including phenoxy) is 1. The zero-order valence-electron chi connectivity index (χ0n) is 20.1. The zero-order chi connectivity index (χ0) is 24.8. The van der Waals surface area contributed by atoms with E-state index >= 15 is 0 Å². The van der Waals surface area contributed by atoms with Crippen molar-refractivity contribution >= 4 is 38.8 Å². The number of para-hydroxylation sites is 1. The summed E-state index contributed by atoms with van der Waals surface area (Å²) < 4.78 is 5.32. The molecular formula is C30H25N3O2S. The number of benzene rings is 3. The van der Waals surface area contributed by atoms with E-state index in [4.69, 9.17) is 15.5 Å². The second kappa shape index (κ2) is 8.81. The van der Waals surface area contributed by atoms with Gasteiger partial charge in [-0.25, -0.2) is 4.98 Å². The van der Waals surface area contributed by atoms with Crippen LogP contribution in [0.4, 0.5) is 11.4 Å². The zero-order valence-corrected chi connectivity index (χ0v) is 20.9. The smallest absolute Gasteiger partial charge is 0.270 e. The van der Waals surface area contributed by atoms with Gasteiger partial charge in [0.15, 0.2) is 0 Å². The minimum absolute atomic E-state index is 0.0682. The van der Waals surface area contributed by atoms with Gasteiger partial charge in [0.25, 0.3) is 5.91 Å². The van der Waals surface area contributed by atoms with Crippen LogP contribution in [0, 0.1) is 6.92 Å². The lowest BCUT2D eigenvalue weighted by molar-refractivity contribution is 0.0994. The molecule has 1 aliphatic heterocycles. The summed E-state index contributed by atoms with van der Waals surface area (Å²) >= 11 is 1.37. The Morgan fingerprint density at radius 3 is 2.47 bits per heavy atom. The lowest BCUT2D eigenvalue weighted by atomic mass is 9.98. The van der Waals surface area contributed by atoms with Crippen LogP contribution in [0.25, 0.3) is 32.6 Å². The quantitative estimate of drug-likeness (QED) is 0.303. The normalized spacial score (nSPS) is 12.7. The van der Waals surface area contributed by atoms with E-state index in [0.29, 0.717) is 17.1 Å². The van der Waals surface area contributed by atoms with Gasteiger partial charge in [-0.1, -0.05) is 48.0 Å². The summed E-state index contributed by atoms with van der Waals surface area (Å²) in [6.45, 7) is 2.72. The molecule has 3 heterocycles. The Morgan fingerprint density at radius 2 is 1.72 bits per heavy atom. The molecule has 6 heteroatoms. The standard InChI is InChI=1S/C30H25N3O2S/c1-18-7-9-19(10-8-18)23-17-24(20-11-13-22(35-2)14-12-20)32-29-26(23)27(31)28(36-29)30(34)33-16-15-21-5-3-4-6-25(21)33/h3-14,17H,15-16,31H2,1-2H3. The molecule has 0 unspecified atom stereocenters. The number of anilines is 2. The molecule has 1 aliphatic rings. The number of nitrogens with two attached hydrogens (primary N) is 1. The second-order valence-corrected chi connectivity index (χ2v) is 10.0. The van der Waals surface area contributed by atoms with Crippen LogP contribution in [-0.2, 0) is 6.42 Å². The summed E-state index contributed by atoms with van der Waals surface area (Å²) in [6.07, 6.45) is 0.848. The number of aryl methyl sites for hydroxylation is 1. The highest BCUT2D eigenvalue weighted by Crippen LogP contribution is 2.43. The molecule has 0 saturated heterocycles. The molecule has 5 nitrogen and oxygen atoms in total. The number of nitrogens with zero attached hydrogens (tertiary/aromatic N) is 2. The van der Waals surface area contributed by atoms with E-state index in [1.807, 2.05) is 47.4 Å². The molecule has 0 saturated carbocycles. The van der Waals surface area contributed by atoms with Gasteiger partial charge in [0.1, 0.15) is 15.5 Å². The summed E-state index contributed by atoms with van der Waals surface area (Å²) in [5.41, 5.74) is 14.4. The van der Waals surface area contributed by atoms with Gasteiger partial charge in [-0.3, -0.25) is 4.79 Å². The number of nitrogen functional groups attached to an aromatic ring is 1. The largest absolute Gasteiger partial charge is 0.497 e. The maximum Gasteiger partial charge on any atom is 0.270 e. The number of aromatic nitrogens is 1. The number of carbonyl (C=O) groups excluding carboxylic acids is 1. The highest BCUT2D eigenvalue weighted by atomic mass is 32.1. The van der Waals surface area contributed by atoms with E-state index in [2.05, 4.69) is 43.3 Å². The van der Waals surface area contributed by atoms with Gasteiger partial charge in [-0.05, 0) is 66.4 Å². The third-order valence-corrected chi connectivity index (χ3v) is 7.86. The fourth-order valence-corrected chi connectivity index (χ4v) is 5.89. The Hall–Kier alpha value is -4.16. The number of carbonyl (C=O) groups is 1. The van der Waals surface area contributed by atoms with Crippen molar-refractivity contribution in [2.45, 2.75) is 13.3 Å². The van der Waals surface area contributed by atoms with Gasteiger partial charge in [-0.15, -0.1) is 11.3 Å². The summed E-state index contributed by atoms with van der Waals surface area (Å²) in [4.78, 5) is 21.8. The van der Waals surface area contributed by atoms with Crippen LogP contribution in [-0.4, -0.2) is 24.5 Å². The summed E-state index contributed by atoms with van der Waals surface area (Å²) in [5.74, 6) is 0.721. The predicted octanol–water partition coefficient (Wildman–Crippen LogP) is 6.73. The lowest BCUT2D eigenvalue weighted by Crippen LogP contribution is -2.28. The molecule has 0 aliphatic carbocycles. The monoisotopic (exact) mass is 491 g/mol. The highest BCUT2D eigenvalue weighted by Gasteiger charge is 2.29. The SMILES string of the molecule is COc1ccc(-c2cc(-c3ccc(C)cc3)c3c(N)c(C(=O)N4CCc5ccccc54)sc3n2)cc1. The third-order valence-electron chi connectivity index (χ3n) is 6.77. The topological polar surface area (TPSA) is 68.5 Å². The molecule has 2 aromatic heterocycles. The number of pyridine rings is 1. The molecule has 0 radical (unpaired) electrons. The van der Waals surface area contributed by atoms with Gasteiger partial charge in [0.05, 0.1) is 18.5 Å². The van der Waals surface area contributed by atoms with Crippen LogP contribution < -0.4 is 15.4 Å². The van der Waals surface area contributed by atoms with Crippen LogP contribution in [0.2, 0.25) is 0 Å². The highest BCUT2D eigenvalue weighted by molar-refractivity contribution is 7.21. The van der Waals surface area contributed by atoms with Crippen molar-refractivity contribution in [2.75, 3.05) is 24.3 Å². The number of methoxy groups -OCH3 is 1. The molecule has 0 fully saturated rings. The van der Waals surface area contributed by atoms with E-state index in [1.165, 1.54) is 22.5 Å². The first-order chi connectivity index (χ1) is 17.5. The second-order valence-electron chi connectivity index (χ2n) is 9.01. The van der Waals surface area contributed by atoms with Crippen LogP contribution in [0.15, 0.2) is 78.9 Å². The molecule has 178 valence electrons. The maximum atomic E-state index is 13.7. The number of rotatable bonds is 4. The molecule has 1 amide bonds. The molecule has 0 atom stereocenters. The molecule has 36 heavy (non-hydrogen) atoms. The molecule has 6 rings (SSSR count). The van der Waals surface area contributed by atoms with Crippen molar-refractivity contribution in [3.05, 3.63) is 94.9 Å². The fourth-order valence-electron chi connectivity index (χ4n) is 4.82. The van der Waals surface area contributed by atoms with Crippen molar-refractivity contribution in [3.63, 3.8) is 0 Å². The minimum atomic E-state index is -0.0682. The first kappa shape index (κ1) is 22.3. The Labute approximate surface area is 213 Å². The first-order valence-electron chi connectivity index (χ1n) is 11.9. The van der Waals surface area contributed by atoms with E-state index in [1.54, 1.807) is 7.11 Å². The summed E-state index contributed by atoms with van der Waals surface area (Å²) in [6, 6.07) is 26.3. The van der Waals surface area contributed by atoms with E-state index in [9.17, 15) is 4.79 Å². The number of amides is 1. The van der Waals surface area contributed by atoms with Gasteiger partial charge in [0.2, 0.25) is 0 Å². The number of hydrogen-bond acceptors (Lipinski definition) is 5. The molecular weight excluding hydrogens is 466 g/mol. The van der Waals surface area contributed by atoms with Crippen LogP contribution in [0.5, 0.6) is 5.75 Å². The number of hydrogen-bond donors (Lipinski definition) is 1. The molecule has 0 bridgehead atoms. The summed E-state index contributed by atoms with van der Waals surface area (Å²) in [7, 11) is 1.65. The Bertz CT molecular complexity index is 1600. The molecule has 0 spiro atoms. The first-order valence-corrected chi connectivity index (χ1v) is 12.7. The van der Waals surface area contributed by atoms with E-state index in [0.717, 1.165) is 50.5 Å². The third kappa shape index (κ3) is 3.71. The van der Waals surface area contributed by atoms with Crippen molar-refractivity contribution in [1.29, 1.82) is 0 Å². The van der Waals surface area contributed by atoms with Crippen molar-refractivity contribution in [3.8, 4) is 28.1 Å². The average Bonchev–Trinajstić information content (AvgIpc) is 3.50. The van der Waals surface area contributed by atoms with E-state index < -0.39 is 0 Å². The molecule has 3 aromatic carbocycles. The fraction of sp³-hybridized carbons (Fsp3) is 0.133. The number of fused-ring (bicyclic) bond motifs is 2. The number of thiophene rings is 1. The molecule has 5 aromatic rings. The average molecular weight is 492 g/mol. The Morgan fingerprint density at radius 1 is 1.00 bits per heavy atom. The van der Waals surface area contributed by atoms with Crippen LogP contribution in [0.1, 0.15) is 20.8 Å². The Kier molecular flexibility index (Phi) is 5.46. The van der Waals surface area contributed by atoms with Crippen molar-refractivity contribution in [1.82, 2.24) is 4.98 Å². The van der Waals surface area contributed by atoms with Crippen LogP contribution in [0.3, 0.4) is 0 Å². The summed E-state index contributed by atoms with van der Waals surface area (Å²) in [5, 5.41) is 0.831. The van der Waals surface area contributed by atoms with Gasteiger partial charge in [-0.2, -0.15) is 0 Å². The van der Waals surface area contributed by atoms with Gasteiger partial charge >= 0.3 is 0 Å². The van der Waals surface area contributed by atoms with E-state index in [-0.39, 0.29) is 5.91 Å².